The van der Waals surface area contributed by atoms with Crippen molar-refractivity contribution in [3.05, 3.63) is 33.9 Å². The van der Waals surface area contributed by atoms with E-state index in [-0.39, 0.29) is 4.21 Å². The molecule has 1 fully saturated rings. The van der Waals surface area contributed by atoms with Gasteiger partial charge in [-0.25, -0.2) is 13.4 Å². The van der Waals surface area contributed by atoms with Crippen LogP contribution in [-0.2, 0) is 10.0 Å². The van der Waals surface area contributed by atoms with Gasteiger partial charge >= 0.3 is 0 Å². The second kappa shape index (κ2) is 5.82. The van der Waals surface area contributed by atoms with E-state index in [1.807, 2.05) is 31.1 Å². The molecule has 0 aliphatic heterocycles. The first-order valence-electron chi connectivity index (χ1n) is 6.82. The lowest BCUT2D eigenvalue weighted by Crippen LogP contribution is -2.16. The molecule has 1 N–H and O–H groups in total. The molecule has 1 aliphatic carbocycles. The van der Waals surface area contributed by atoms with E-state index in [2.05, 4.69) is 25.6 Å². The molecule has 5 nitrogen and oxygen atoms in total. The van der Waals surface area contributed by atoms with Gasteiger partial charge in [0.05, 0.1) is 22.6 Å². The van der Waals surface area contributed by atoms with E-state index in [9.17, 15) is 8.42 Å². The number of benzene rings is 1. The number of nitrogens with one attached hydrogen (secondary N) is 1. The third-order valence-electron chi connectivity index (χ3n) is 3.38. The Labute approximate surface area is 142 Å². The molecular formula is C14H16BrN3O2S2. The molecule has 1 aliphatic rings. The molecule has 1 heterocycles. The lowest BCUT2D eigenvalue weighted by atomic mass is 10.2. The Balaban J connectivity index is 1.91. The van der Waals surface area contributed by atoms with Crippen molar-refractivity contribution in [2.75, 3.05) is 23.7 Å². The fourth-order valence-corrected chi connectivity index (χ4v) is 4.84. The average Bonchev–Trinajstić information content (AvgIpc) is 3.14. The van der Waals surface area contributed by atoms with Crippen LogP contribution < -0.4 is 9.62 Å². The molecule has 8 heteroatoms. The van der Waals surface area contributed by atoms with E-state index in [0.29, 0.717) is 11.6 Å². The van der Waals surface area contributed by atoms with Crippen LogP contribution in [0.15, 0.2) is 33.1 Å². The smallest absolute Gasteiger partial charge is 0.273 e. The van der Waals surface area contributed by atoms with Crippen molar-refractivity contribution in [3.63, 3.8) is 0 Å². The summed E-state index contributed by atoms with van der Waals surface area (Å²) in [5, 5.41) is 0.919. The summed E-state index contributed by atoms with van der Waals surface area (Å²) in [7, 11) is 0.135. The van der Waals surface area contributed by atoms with Gasteiger partial charge in [-0.1, -0.05) is 15.9 Å². The largest absolute Gasteiger partial charge is 0.376 e. The maximum atomic E-state index is 12.6. The minimum atomic E-state index is -3.61. The van der Waals surface area contributed by atoms with Gasteiger partial charge in [-0.3, -0.25) is 4.72 Å². The van der Waals surface area contributed by atoms with Crippen molar-refractivity contribution in [2.45, 2.75) is 23.0 Å². The summed E-state index contributed by atoms with van der Waals surface area (Å²) in [6.45, 7) is 0. The van der Waals surface area contributed by atoms with Crippen molar-refractivity contribution >= 4 is 48.7 Å². The molecule has 0 radical (unpaired) electrons. The van der Waals surface area contributed by atoms with Gasteiger partial charge in [0, 0.05) is 24.5 Å². The first kappa shape index (κ1) is 15.8. The first-order chi connectivity index (χ1) is 10.4. The normalized spacial score (nSPS) is 14.9. The number of thiazole rings is 1. The molecule has 118 valence electrons. The van der Waals surface area contributed by atoms with Gasteiger partial charge in [0.15, 0.2) is 4.21 Å². The maximum absolute atomic E-state index is 12.6. The Morgan fingerprint density at radius 2 is 2.09 bits per heavy atom. The minimum Gasteiger partial charge on any atom is -0.376 e. The highest BCUT2D eigenvalue weighted by molar-refractivity contribution is 9.10. The number of rotatable bonds is 5. The fourth-order valence-electron chi connectivity index (χ4n) is 2.09. The molecule has 0 unspecified atom stereocenters. The van der Waals surface area contributed by atoms with Gasteiger partial charge < -0.3 is 4.90 Å². The Hall–Kier alpha value is -1.12. The predicted molar refractivity (Wildman–Crippen MR) is 93.4 cm³/mol. The molecule has 0 atom stereocenters. The highest BCUT2D eigenvalue weighted by Crippen LogP contribution is 2.42. The third kappa shape index (κ3) is 3.28. The molecule has 0 saturated heterocycles. The fraction of sp³-hybridized carbons (Fsp3) is 0.357. The number of hydrogen-bond acceptors (Lipinski definition) is 5. The summed E-state index contributed by atoms with van der Waals surface area (Å²) in [6.07, 6.45) is 3.67. The van der Waals surface area contributed by atoms with Crippen LogP contribution in [0.2, 0.25) is 0 Å². The Kier molecular flexibility index (Phi) is 4.17. The Bertz CT molecular complexity index is 798. The maximum Gasteiger partial charge on any atom is 0.273 e. The molecule has 0 amide bonds. The minimum absolute atomic E-state index is 0.263. The zero-order chi connectivity index (χ0) is 15.9. The second-order valence-electron chi connectivity index (χ2n) is 5.45. The van der Waals surface area contributed by atoms with Crippen LogP contribution in [0.3, 0.4) is 0 Å². The number of anilines is 2. The highest BCUT2D eigenvalue weighted by atomic mass is 79.9. The van der Waals surface area contributed by atoms with Crippen LogP contribution in [0.25, 0.3) is 0 Å². The number of halogens is 1. The van der Waals surface area contributed by atoms with Crippen molar-refractivity contribution in [1.82, 2.24) is 4.98 Å². The van der Waals surface area contributed by atoms with Crippen LogP contribution >= 0.6 is 27.3 Å². The van der Waals surface area contributed by atoms with Gasteiger partial charge in [0.1, 0.15) is 0 Å². The molecule has 0 spiro atoms. The summed E-state index contributed by atoms with van der Waals surface area (Å²) < 4.78 is 28.9. The zero-order valence-corrected chi connectivity index (χ0v) is 15.4. The zero-order valence-electron chi connectivity index (χ0n) is 12.2. The van der Waals surface area contributed by atoms with Gasteiger partial charge in [-0.05, 0) is 31.0 Å². The summed E-state index contributed by atoms with van der Waals surface area (Å²) >= 11 is 4.64. The summed E-state index contributed by atoms with van der Waals surface area (Å²) in [4.78, 5) is 6.11. The van der Waals surface area contributed by atoms with E-state index in [4.69, 9.17) is 0 Å². The molecule has 1 aromatic carbocycles. The summed E-state index contributed by atoms with van der Waals surface area (Å²) in [5.41, 5.74) is 1.35. The SMILES string of the molecule is CN(C)c1ccc(Br)cc1NS(=O)(=O)c1cnc(C2CC2)s1. The van der Waals surface area contributed by atoms with Crippen molar-refractivity contribution in [1.29, 1.82) is 0 Å². The van der Waals surface area contributed by atoms with Gasteiger partial charge in [-0.15, -0.1) is 11.3 Å². The average molecular weight is 402 g/mol. The van der Waals surface area contributed by atoms with E-state index >= 15 is 0 Å². The van der Waals surface area contributed by atoms with Crippen molar-refractivity contribution in [2.24, 2.45) is 0 Å². The number of aromatic nitrogens is 1. The lowest BCUT2D eigenvalue weighted by molar-refractivity contribution is 0.603. The number of sulfonamides is 1. The van der Waals surface area contributed by atoms with Crippen LogP contribution in [0.1, 0.15) is 23.8 Å². The number of hydrogen-bond donors (Lipinski definition) is 1. The molecular weight excluding hydrogens is 386 g/mol. The molecule has 3 rings (SSSR count). The molecule has 1 aromatic heterocycles. The van der Waals surface area contributed by atoms with E-state index in [1.165, 1.54) is 17.5 Å². The topological polar surface area (TPSA) is 62.3 Å². The molecule has 1 saturated carbocycles. The molecule has 2 aromatic rings. The van der Waals surface area contributed by atoms with Crippen molar-refractivity contribution < 1.29 is 8.42 Å². The third-order valence-corrected chi connectivity index (χ3v) is 6.86. The van der Waals surface area contributed by atoms with E-state index in [0.717, 1.165) is 28.0 Å². The Morgan fingerprint density at radius 1 is 1.36 bits per heavy atom. The number of nitrogens with zero attached hydrogens (tertiary/aromatic N) is 2. The van der Waals surface area contributed by atoms with Crippen LogP contribution in [0.5, 0.6) is 0 Å². The highest BCUT2D eigenvalue weighted by Gasteiger charge is 2.29. The first-order valence-corrected chi connectivity index (χ1v) is 9.91. The standard InChI is InChI=1S/C14H16BrN3O2S2/c1-18(2)12-6-5-10(15)7-11(12)17-22(19,20)13-8-16-14(21-13)9-3-4-9/h5-9,17H,3-4H2,1-2H3. The molecule has 22 heavy (non-hydrogen) atoms. The monoisotopic (exact) mass is 401 g/mol. The van der Waals surface area contributed by atoms with Crippen LogP contribution in [-0.4, -0.2) is 27.5 Å². The second-order valence-corrected chi connectivity index (χ2v) is 9.34. The quantitative estimate of drug-likeness (QED) is 0.830. The predicted octanol–water partition coefficient (Wildman–Crippen LogP) is 3.65. The van der Waals surface area contributed by atoms with E-state index < -0.39 is 10.0 Å². The van der Waals surface area contributed by atoms with Gasteiger partial charge in [0.25, 0.3) is 10.0 Å². The lowest BCUT2D eigenvalue weighted by Gasteiger charge is -2.18. The summed E-state index contributed by atoms with van der Waals surface area (Å²) in [6, 6.07) is 5.50. The van der Waals surface area contributed by atoms with Crippen LogP contribution in [0, 0.1) is 0 Å². The van der Waals surface area contributed by atoms with Crippen molar-refractivity contribution in [3.8, 4) is 0 Å². The molecule has 0 bridgehead atoms. The van der Waals surface area contributed by atoms with Gasteiger partial charge in [0.2, 0.25) is 0 Å². The van der Waals surface area contributed by atoms with E-state index in [1.54, 1.807) is 6.07 Å². The Morgan fingerprint density at radius 3 is 2.73 bits per heavy atom. The summed E-state index contributed by atoms with van der Waals surface area (Å²) in [5.74, 6) is 0.456. The van der Waals surface area contributed by atoms with Crippen LogP contribution in [0.4, 0.5) is 11.4 Å². The van der Waals surface area contributed by atoms with Gasteiger partial charge in [-0.2, -0.15) is 0 Å².